The van der Waals surface area contributed by atoms with Crippen molar-refractivity contribution < 1.29 is 19.7 Å². The van der Waals surface area contributed by atoms with Gasteiger partial charge in [-0.05, 0) is 44.9 Å². The van der Waals surface area contributed by atoms with Gasteiger partial charge in [-0.1, -0.05) is 13.8 Å². The van der Waals surface area contributed by atoms with E-state index in [1.165, 1.54) is 0 Å². The van der Waals surface area contributed by atoms with Crippen LogP contribution in [0, 0.1) is 11.8 Å². The van der Waals surface area contributed by atoms with Crippen LogP contribution in [0.5, 0.6) is 0 Å². The second kappa shape index (κ2) is 5.36. The monoisotopic (exact) mass is 244 g/mol. The van der Waals surface area contributed by atoms with Gasteiger partial charge in [0, 0.05) is 0 Å². The number of aliphatic hydroxyl groups excluding tert-OH is 1. The van der Waals surface area contributed by atoms with Gasteiger partial charge in [-0.25, -0.2) is 4.79 Å². The molecule has 0 heterocycles. The van der Waals surface area contributed by atoms with Crippen LogP contribution in [-0.2, 0) is 9.53 Å². The van der Waals surface area contributed by atoms with Gasteiger partial charge in [0.25, 0.3) is 0 Å². The summed E-state index contributed by atoms with van der Waals surface area (Å²) in [6.45, 7) is 7.56. The Hall–Kier alpha value is -0.610. The largest absolute Gasteiger partial charge is 0.479 e. The molecule has 2 N–H and O–H groups in total. The number of aliphatic carboxylic acids is 1. The number of hydrogen-bond donors (Lipinski definition) is 2. The van der Waals surface area contributed by atoms with Crippen molar-refractivity contribution in [1.82, 2.24) is 0 Å². The molecule has 1 aliphatic rings. The molecule has 1 rings (SSSR count). The minimum absolute atomic E-state index is 0.334. The van der Waals surface area contributed by atoms with Crippen LogP contribution < -0.4 is 0 Å². The van der Waals surface area contributed by atoms with Gasteiger partial charge in [0.2, 0.25) is 0 Å². The highest BCUT2D eigenvalue weighted by molar-refractivity contribution is 5.77. The summed E-state index contributed by atoms with van der Waals surface area (Å²) >= 11 is 0. The molecule has 1 saturated carbocycles. The number of carboxylic acids is 1. The molecule has 0 spiro atoms. The van der Waals surface area contributed by atoms with Gasteiger partial charge in [-0.15, -0.1) is 0 Å². The van der Waals surface area contributed by atoms with Crippen molar-refractivity contribution in [3.63, 3.8) is 0 Å². The number of hydrogen-bond acceptors (Lipinski definition) is 3. The highest BCUT2D eigenvalue weighted by Gasteiger charge is 2.46. The molecule has 0 bridgehead atoms. The van der Waals surface area contributed by atoms with E-state index in [1.54, 1.807) is 13.8 Å². The zero-order valence-electron chi connectivity index (χ0n) is 11.1. The summed E-state index contributed by atoms with van der Waals surface area (Å²) in [6, 6.07) is 0. The molecule has 0 radical (unpaired) electrons. The van der Waals surface area contributed by atoms with Crippen LogP contribution in [0.25, 0.3) is 0 Å². The molecular formula is C13H24O4. The molecule has 0 saturated heterocycles. The van der Waals surface area contributed by atoms with E-state index in [0.717, 1.165) is 6.42 Å². The van der Waals surface area contributed by atoms with Gasteiger partial charge in [-0.3, -0.25) is 0 Å². The Morgan fingerprint density at radius 3 is 2.35 bits per heavy atom. The molecule has 4 heteroatoms. The average Bonchev–Trinajstić information content (AvgIpc) is 2.23. The van der Waals surface area contributed by atoms with Gasteiger partial charge in [0.15, 0.2) is 5.60 Å². The molecular weight excluding hydrogens is 220 g/mol. The third kappa shape index (κ3) is 3.19. The van der Waals surface area contributed by atoms with Crippen LogP contribution in [0.3, 0.4) is 0 Å². The summed E-state index contributed by atoms with van der Waals surface area (Å²) in [5, 5.41) is 18.9. The fourth-order valence-corrected chi connectivity index (χ4v) is 2.37. The third-order valence-electron chi connectivity index (χ3n) is 4.11. The molecule has 100 valence electrons. The molecule has 5 atom stereocenters. The number of rotatable bonds is 4. The lowest BCUT2D eigenvalue weighted by Crippen LogP contribution is -2.50. The summed E-state index contributed by atoms with van der Waals surface area (Å²) in [6.07, 6.45) is 0.818. The van der Waals surface area contributed by atoms with Crippen molar-refractivity contribution in [2.45, 2.75) is 64.8 Å². The van der Waals surface area contributed by atoms with E-state index in [2.05, 4.69) is 13.8 Å². The average molecular weight is 244 g/mol. The molecule has 0 aromatic heterocycles. The molecule has 5 unspecified atom stereocenters. The predicted octanol–water partition coefficient (Wildman–Crippen LogP) is 2.05. The van der Waals surface area contributed by atoms with Crippen molar-refractivity contribution >= 4 is 5.97 Å². The molecule has 1 aliphatic carbocycles. The van der Waals surface area contributed by atoms with E-state index in [1.807, 2.05) is 0 Å². The van der Waals surface area contributed by atoms with Gasteiger partial charge in [0.1, 0.15) is 0 Å². The molecule has 0 aromatic rings. The maximum Gasteiger partial charge on any atom is 0.335 e. The maximum atomic E-state index is 11.5. The van der Waals surface area contributed by atoms with Gasteiger partial charge >= 0.3 is 5.97 Å². The summed E-state index contributed by atoms with van der Waals surface area (Å²) in [7, 11) is 0. The molecule has 0 aromatic carbocycles. The normalized spacial score (nSPS) is 37.5. The first-order valence-electron chi connectivity index (χ1n) is 6.38. The standard InChI is InChI=1S/C13H24O4/c1-8-5-6-13(12(15)16,7-9(8)2)17-11(4)10(3)14/h8-11,14H,5-7H2,1-4H3,(H,15,16). The third-order valence-corrected chi connectivity index (χ3v) is 4.11. The van der Waals surface area contributed by atoms with E-state index in [0.29, 0.717) is 24.7 Å². The Kier molecular flexibility index (Phi) is 4.55. The lowest BCUT2D eigenvalue weighted by Gasteiger charge is -2.41. The fraction of sp³-hybridized carbons (Fsp3) is 0.923. The first-order chi connectivity index (χ1) is 7.78. The molecule has 1 fully saturated rings. The van der Waals surface area contributed by atoms with Gasteiger partial charge in [0.05, 0.1) is 12.2 Å². The topological polar surface area (TPSA) is 66.8 Å². The molecule has 0 aliphatic heterocycles. The Morgan fingerprint density at radius 2 is 1.94 bits per heavy atom. The highest BCUT2D eigenvalue weighted by Crippen LogP contribution is 2.39. The number of aliphatic hydroxyl groups is 1. The number of ether oxygens (including phenoxy) is 1. The summed E-state index contributed by atoms with van der Waals surface area (Å²) in [5.74, 6) is -0.0299. The van der Waals surface area contributed by atoms with Crippen LogP contribution in [0.1, 0.15) is 47.0 Å². The minimum atomic E-state index is -1.11. The number of carbonyl (C=O) groups is 1. The summed E-state index contributed by atoms with van der Waals surface area (Å²) in [4.78, 5) is 11.5. The van der Waals surface area contributed by atoms with Crippen LogP contribution in [0.15, 0.2) is 0 Å². The van der Waals surface area contributed by atoms with E-state index in [9.17, 15) is 15.0 Å². The van der Waals surface area contributed by atoms with Crippen molar-refractivity contribution in [3.05, 3.63) is 0 Å². The quantitative estimate of drug-likeness (QED) is 0.794. The Balaban J connectivity index is 2.80. The molecule has 0 amide bonds. The Morgan fingerprint density at radius 1 is 1.35 bits per heavy atom. The van der Waals surface area contributed by atoms with Crippen LogP contribution in [0.2, 0.25) is 0 Å². The van der Waals surface area contributed by atoms with Crippen LogP contribution >= 0.6 is 0 Å². The van der Waals surface area contributed by atoms with Crippen molar-refractivity contribution in [2.24, 2.45) is 11.8 Å². The fourth-order valence-electron chi connectivity index (χ4n) is 2.37. The number of carboxylic acid groups (broad SMARTS) is 1. The zero-order chi connectivity index (χ0) is 13.2. The van der Waals surface area contributed by atoms with E-state index in [-0.39, 0.29) is 0 Å². The Labute approximate surface area is 103 Å². The summed E-state index contributed by atoms with van der Waals surface area (Å²) < 4.78 is 5.67. The van der Waals surface area contributed by atoms with Gasteiger partial charge in [-0.2, -0.15) is 0 Å². The smallest absolute Gasteiger partial charge is 0.335 e. The van der Waals surface area contributed by atoms with Gasteiger partial charge < -0.3 is 14.9 Å². The van der Waals surface area contributed by atoms with E-state index in [4.69, 9.17) is 4.74 Å². The first kappa shape index (κ1) is 14.5. The SMILES string of the molecule is CC(O)C(C)OC1(C(=O)O)CCC(C)C(C)C1. The lowest BCUT2D eigenvalue weighted by atomic mass is 9.73. The van der Waals surface area contributed by atoms with Crippen molar-refractivity contribution in [2.75, 3.05) is 0 Å². The molecule has 17 heavy (non-hydrogen) atoms. The first-order valence-corrected chi connectivity index (χ1v) is 6.38. The Bertz CT molecular complexity index is 277. The van der Waals surface area contributed by atoms with Crippen molar-refractivity contribution in [1.29, 1.82) is 0 Å². The second-order valence-corrected chi connectivity index (χ2v) is 5.56. The highest BCUT2D eigenvalue weighted by atomic mass is 16.5. The zero-order valence-corrected chi connectivity index (χ0v) is 11.1. The minimum Gasteiger partial charge on any atom is -0.479 e. The molecule has 4 nitrogen and oxygen atoms in total. The van der Waals surface area contributed by atoms with E-state index >= 15 is 0 Å². The van der Waals surface area contributed by atoms with Crippen molar-refractivity contribution in [3.8, 4) is 0 Å². The van der Waals surface area contributed by atoms with E-state index < -0.39 is 23.8 Å². The lowest BCUT2D eigenvalue weighted by molar-refractivity contribution is -0.191. The predicted molar refractivity (Wildman–Crippen MR) is 64.8 cm³/mol. The maximum absolute atomic E-state index is 11.5. The second-order valence-electron chi connectivity index (χ2n) is 5.56. The van der Waals surface area contributed by atoms with Crippen LogP contribution in [0.4, 0.5) is 0 Å². The summed E-state index contributed by atoms with van der Waals surface area (Å²) in [5.41, 5.74) is -1.11. The van der Waals surface area contributed by atoms with Crippen LogP contribution in [-0.4, -0.2) is 34.0 Å².